The van der Waals surface area contributed by atoms with Gasteiger partial charge < -0.3 is 15.4 Å². The molecular weight excluding hydrogens is 454 g/mol. The average molecular weight is 492 g/mol. The Morgan fingerprint density at radius 2 is 1.58 bits per heavy atom. The summed E-state index contributed by atoms with van der Waals surface area (Å²) in [6.45, 7) is 12.8. The van der Waals surface area contributed by atoms with Gasteiger partial charge in [-0.15, -0.1) is 0 Å². The van der Waals surface area contributed by atoms with Crippen LogP contribution in [0.4, 0.5) is 10.5 Å². The maximum Gasteiger partial charge on any atom is 0.408 e. The van der Waals surface area contributed by atoms with E-state index >= 15 is 0 Å². The fourth-order valence-electron chi connectivity index (χ4n) is 3.78. The van der Waals surface area contributed by atoms with Crippen molar-refractivity contribution in [2.24, 2.45) is 5.92 Å². The van der Waals surface area contributed by atoms with E-state index in [1.165, 1.54) is 0 Å². The molecule has 0 aliphatic carbocycles. The molecule has 3 amide bonds. The minimum atomic E-state index is -1.11. The lowest BCUT2D eigenvalue weighted by Crippen LogP contribution is -2.51. The van der Waals surface area contributed by atoms with Gasteiger partial charge in [-0.05, 0) is 69.7 Å². The van der Waals surface area contributed by atoms with Gasteiger partial charge in [0, 0.05) is 11.7 Å². The lowest BCUT2D eigenvalue weighted by Gasteiger charge is -2.31. The Morgan fingerprint density at radius 3 is 2.11 bits per heavy atom. The molecule has 0 heterocycles. The van der Waals surface area contributed by atoms with Gasteiger partial charge >= 0.3 is 6.09 Å². The highest BCUT2D eigenvalue weighted by Crippen LogP contribution is 2.27. The number of nitrogens with one attached hydrogen (secondary N) is 2. The standard InChI is InChI=1S/C29H37N3O4/c1-9-32(27(34)24(18-19(2)3)31-28(35)36-29(6,7)8)25(22-16-12-10-14-20(22)4)26(33)30-23-17-13-11-15-21(23)5/h1,10-17,19,24-25H,18H2,2-8H3,(H,30,33)(H,31,35). The first kappa shape index (κ1) is 28.4. The molecule has 7 heteroatoms. The molecule has 0 bridgehead atoms. The molecule has 192 valence electrons. The van der Waals surface area contributed by atoms with Gasteiger partial charge in [0.25, 0.3) is 11.8 Å². The summed E-state index contributed by atoms with van der Waals surface area (Å²) < 4.78 is 5.37. The molecule has 2 unspecified atom stereocenters. The second kappa shape index (κ2) is 12.3. The third-order valence-electron chi connectivity index (χ3n) is 5.47. The molecule has 0 aromatic heterocycles. The molecule has 0 aliphatic heterocycles. The summed E-state index contributed by atoms with van der Waals surface area (Å²) in [6.07, 6.45) is 5.44. The zero-order chi connectivity index (χ0) is 27.0. The quantitative estimate of drug-likeness (QED) is 0.385. The molecule has 2 atom stereocenters. The number of terminal acetylenes is 1. The molecule has 2 aromatic rings. The molecule has 2 N–H and O–H groups in total. The van der Waals surface area contributed by atoms with Gasteiger partial charge in [-0.25, -0.2) is 4.79 Å². The number of carbonyl (C=O) groups is 3. The lowest BCUT2D eigenvalue weighted by molar-refractivity contribution is -0.137. The Kier molecular flexibility index (Phi) is 9.68. The van der Waals surface area contributed by atoms with Crippen LogP contribution in [0.3, 0.4) is 0 Å². The van der Waals surface area contributed by atoms with Crippen molar-refractivity contribution in [3.05, 3.63) is 65.2 Å². The maximum atomic E-state index is 13.8. The van der Waals surface area contributed by atoms with Crippen LogP contribution in [-0.2, 0) is 14.3 Å². The molecule has 0 saturated heterocycles. The van der Waals surface area contributed by atoms with Crippen LogP contribution in [0.5, 0.6) is 0 Å². The Morgan fingerprint density at radius 1 is 1.00 bits per heavy atom. The number of rotatable bonds is 8. The van der Waals surface area contributed by atoms with E-state index in [1.807, 2.05) is 58.0 Å². The first-order valence-electron chi connectivity index (χ1n) is 12.0. The average Bonchev–Trinajstić information content (AvgIpc) is 2.77. The number of aryl methyl sites for hydroxylation is 2. The normalized spacial score (nSPS) is 12.8. The van der Waals surface area contributed by atoms with E-state index in [9.17, 15) is 14.4 Å². The van der Waals surface area contributed by atoms with Crippen LogP contribution < -0.4 is 10.6 Å². The van der Waals surface area contributed by atoms with Crippen molar-refractivity contribution in [1.82, 2.24) is 10.2 Å². The first-order chi connectivity index (χ1) is 16.8. The van der Waals surface area contributed by atoms with E-state index in [4.69, 9.17) is 11.2 Å². The summed E-state index contributed by atoms with van der Waals surface area (Å²) in [5, 5.41) is 5.58. The Labute approximate surface area is 214 Å². The number of benzene rings is 2. The Balaban J connectivity index is 2.48. The third kappa shape index (κ3) is 7.88. The predicted molar refractivity (Wildman–Crippen MR) is 142 cm³/mol. The second-order valence-corrected chi connectivity index (χ2v) is 10.2. The number of para-hydroxylation sites is 1. The van der Waals surface area contributed by atoms with Gasteiger partial charge in [0.15, 0.2) is 0 Å². The van der Waals surface area contributed by atoms with E-state index in [-0.39, 0.29) is 5.92 Å². The van der Waals surface area contributed by atoms with Gasteiger partial charge in [-0.3, -0.25) is 14.5 Å². The van der Waals surface area contributed by atoms with Crippen LogP contribution in [0, 0.1) is 32.2 Å². The molecule has 0 saturated carbocycles. The highest BCUT2D eigenvalue weighted by molar-refractivity contribution is 6.00. The minimum Gasteiger partial charge on any atom is -0.444 e. The highest BCUT2D eigenvalue weighted by atomic mass is 16.6. The number of hydrogen-bond donors (Lipinski definition) is 2. The topological polar surface area (TPSA) is 87.7 Å². The van der Waals surface area contributed by atoms with Crippen LogP contribution in [0.1, 0.15) is 63.8 Å². The van der Waals surface area contributed by atoms with Crippen molar-refractivity contribution < 1.29 is 19.1 Å². The Bertz CT molecular complexity index is 1130. The molecular formula is C29H37N3O4. The molecule has 2 rings (SSSR count). The van der Waals surface area contributed by atoms with Crippen molar-refractivity contribution in [2.75, 3.05) is 5.32 Å². The van der Waals surface area contributed by atoms with Crippen LogP contribution in [0.2, 0.25) is 0 Å². The summed E-state index contributed by atoms with van der Waals surface area (Å²) in [5.74, 6) is -0.957. The van der Waals surface area contributed by atoms with Gasteiger partial charge in [-0.2, -0.15) is 0 Å². The van der Waals surface area contributed by atoms with Crippen molar-refractivity contribution in [2.45, 2.75) is 72.6 Å². The van der Waals surface area contributed by atoms with E-state index in [1.54, 1.807) is 39.0 Å². The van der Waals surface area contributed by atoms with Gasteiger partial charge in [0.1, 0.15) is 17.7 Å². The summed E-state index contributed by atoms with van der Waals surface area (Å²) in [5.41, 5.74) is 2.15. The molecule has 36 heavy (non-hydrogen) atoms. The molecule has 7 nitrogen and oxygen atoms in total. The van der Waals surface area contributed by atoms with Crippen LogP contribution in [-0.4, -0.2) is 34.5 Å². The second-order valence-electron chi connectivity index (χ2n) is 10.2. The van der Waals surface area contributed by atoms with Crippen molar-refractivity contribution in [3.8, 4) is 12.5 Å². The summed E-state index contributed by atoms with van der Waals surface area (Å²) in [4.78, 5) is 41.1. The molecule has 2 aromatic carbocycles. The zero-order valence-corrected chi connectivity index (χ0v) is 22.2. The van der Waals surface area contributed by atoms with Crippen LogP contribution in [0.25, 0.3) is 0 Å². The highest BCUT2D eigenvalue weighted by Gasteiger charge is 2.37. The maximum absolute atomic E-state index is 13.8. The third-order valence-corrected chi connectivity index (χ3v) is 5.47. The number of anilines is 1. The number of carbonyl (C=O) groups excluding carboxylic acids is 3. The zero-order valence-electron chi connectivity index (χ0n) is 22.2. The smallest absolute Gasteiger partial charge is 0.408 e. The molecule has 0 radical (unpaired) electrons. The monoisotopic (exact) mass is 491 g/mol. The van der Waals surface area contributed by atoms with Crippen molar-refractivity contribution in [3.63, 3.8) is 0 Å². The van der Waals surface area contributed by atoms with Gasteiger partial charge in [0.2, 0.25) is 0 Å². The van der Waals surface area contributed by atoms with E-state index in [0.717, 1.165) is 16.0 Å². The van der Waals surface area contributed by atoms with E-state index < -0.39 is 35.6 Å². The summed E-state index contributed by atoms with van der Waals surface area (Å²) in [6, 6.07) is 15.0. The Hall–Kier alpha value is -3.79. The minimum absolute atomic E-state index is 0.0613. The van der Waals surface area contributed by atoms with Crippen molar-refractivity contribution >= 4 is 23.6 Å². The van der Waals surface area contributed by atoms with E-state index in [0.29, 0.717) is 17.7 Å². The van der Waals surface area contributed by atoms with E-state index in [2.05, 4.69) is 16.7 Å². The summed E-state index contributed by atoms with van der Waals surface area (Å²) >= 11 is 0. The fraction of sp³-hybridized carbons (Fsp3) is 0.414. The largest absolute Gasteiger partial charge is 0.444 e. The fourth-order valence-corrected chi connectivity index (χ4v) is 3.78. The summed E-state index contributed by atoms with van der Waals surface area (Å²) in [7, 11) is 0. The number of nitrogens with zero attached hydrogens (tertiary/aromatic N) is 1. The number of alkyl carbamates (subject to hydrolysis) is 1. The number of amides is 3. The van der Waals surface area contributed by atoms with Gasteiger partial charge in [0.05, 0.1) is 0 Å². The molecule has 0 spiro atoms. The molecule has 0 aliphatic rings. The SMILES string of the molecule is C#CN(C(=O)C(CC(C)C)NC(=O)OC(C)(C)C)C(C(=O)Nc1ccccc1C)c1ccccc1C. The van der Waals surface area contributed by atoms with Crippen molar-refractivity contribution in [1.29, 1.82) is 0 Å². The van der Waals surface area contributed by atoms with Gasteiger partial charge in [-0.1, -0.05) is 62.7 Å². The number of ether oxygens (including phenoxy) is 1. The first-order valence-corrected chi connectivity index (χ1v) is 12.0. The lowest BCUT2D eigenvalue weighted by atomic mass is 9.97. The van der Waals surface area contributed by atoms with Crippen LogP contribution >= 0.6 is 0 Å². The number of hydrogen-bond acceptors (Lipinski definition) is 4. The predicted octanol–water partition coefficient (Wildman–Crippen LogP) is 5.34. The van der Waals surface area contributed by atoms with Crippen LogP contribution in [0.15, 0.2) is 48.5 Å². The molecule has 0 fully saturated rings.